The Morgan fingerprint density at radius 3 is 3.00 bits per heavy atom. The molecular formula is C11H20BrN3O. The molecule has 0 saturated heterocycles. The molecule has 0 aliphatic rings. The van der Waals surface area contributed by atoms with Crippen molar-refractivity contribution in [2.45, 2.75) is 19.5 Å². The van der Waals surface area contributed by atoms with Gasteiger partial charge in [-0.05, 0) is 28.9 Å². The Hall–Kier alpha value is -0.360. The first-order valence-corrected chi connectivity index (χ1v) is 6.27. The number of H-pyrrole nitrogens is 1. The lowest BCUT2D eigenvalue weighted by Gasteiger charge is -2.13. The molecule has 5 heteroatoms. The van der Waals surface area contributed by atoms with Gasteiger partial charge < -0.3 is 20.4 Å². The van der Waals surface area contributed by atoms with Gasteiger partial charge in [0.05, 0.1) is 6.61 Å². The normalized spacial score (nSPS) is 12.9. The molecule has 0 aliphatic heterocycles. The molecule has 4 nitrogen and oxygen atoms in total. The Morgan fingerprint density at radius 2 is 2.38 bits per heavy atom. The van der Waals surface area contributed by atoms with E-state index in [1.165, 1.54) is 5.69 Å². The van der Waals surface area contributed by atoms with Gasteiger partial charge in [0.2, 0.25) is 0 Å². The van der Waals surface area contributed by atoms with Crippen molar-refractivity contribution in [2.75, 3.05) is 26.8 Å². The number of halogens is 1. The summed E-state index contributed by atoms with van der Waals surface area (Å²) in [4.78, 5) is 3.19. The van der Waals surface area contributed by atoms with Crippen LogP contribution in [0.3, 0.4) is 0 Å². The molecule has 0 spiro atoms. The minimum absolute atomic E-state index is 0.443. The van der Waals surface area contributed by atoms with E-state index in [1.54, 1.807) is 7.11 Å². The van der Waals surface area contributed by atoms with Gasteiger partial charge in [-0.1, -0.05) is 0 Å². The minimum Gasteiger partial charge on any atom is -0.383 e. The number of nitrogens with one attached hydrogen (secondary N) is 3. The van der Waals surface area contributed by atoms with Crippen molar-refractivity contribution >= 4 is 15.9 Å². The van der Waals surface area contributed by atoms with Crippen molar-refractivity contribution in [1.29, 1.82) is 0 Å². The van der Waals surface area contributed by atoms with E-state index in [0.29, 0.717) is 6.04 Å². The van der Waals surface area contributed by atoms with Gasteiger partial charge >= 0.3 is 0 Å². The Morgan fingerprint density at radius 1 is 1.56 bits per heavy atom. The van der Waals surface area contributed by atoms with Crippen LogP contribution in [0.4, 0.5) is 0 Å². The monoisotopic (exact) mass is 289 g/mol. The largest absolute Gasteiger partial charge is 0.383 e. The summed E-state index contributed by atoms with van der Waals surface area (Å²) in [5, 5.41) is 6.75. The van der Waals surface area contributed by atoms with E-state index in [1.807, 2.05) is 6.20 Å². The summed E-state index contributed by atoms with van der Waals surface area (Å²) in [5.74, 6) is 0. The van der Waals surface area contributed by atoms with Gasteiger partial charge in [0.15, 0.2) is 0 Å². The lowest BCUT2D eigenvalue weighted by molar-refractivity contribution is 0.198. The molecule has 3 N–H and O–H groups in total. The number of hydrogen-bond acceptors (Lipinski definition) is 3. The van der Waals surface area contributed by atoms with Crippen LogP contribution in [0.2, 0.25) is 0 Å². The van der Waals surface area contributed by atoms with Crippen molar-refractivity contribution in [3.63, 3.8) is 0 Å². The van der Waals surface area contributed by atoms with Crippen LogP contribution in [0, 0.1) is 0 Å². The van der Waals surface area contributed by atoms with E-state index < -0.39 is 0 Å². The molecular weight excluding hydrogens is 270 g/mol. The lowest BCUT2D eigenvalue weighted by Crippen LogP contribution is -2.37. The van der Waals surface area contributed by atoms with E-state index in [9.17, 15) is 0 Å². The highest BCUT2D eigenvalue weighted by Crippen LogP contribution is 2.10. The predicted molar refractivity (Wildman–Crippen MR) is 69.5 cm³/mol. The summed E-state index contributed by atoms with van der Waals surface area (Å²) in [7, 11) is 1.71. The number of rotatable bonds is 8. The molecule has 0 bridgehead atoms. The van der Waals surface area contributed by atoms with Gasteiger partial charge in [-0.25, -0.2) is 0 Å². The van der Waals surface area contributed by atoms with Crippen LogP contribution < -0.4 is 10.6 Å². The van der Waals surface area contributed by atoms with Gasteiger partial charge in [0.1, 0.15) is 0 Å². The van der Waals surface area contributed by atoms with E-state index in [4.69, 9.17) is 4.74 Å². The molecule has 92 valence electrons. The van der Waals surface area contributed by atoms with Crippen molar-refractivity contribution in [1.82, 2.24) is 15.6 Å². The summed E-state index contributed by atoms with van der Waals surface area (Å²) in [6, 6.07) is 2.52. The third-order valence-corrected chi connectivity index (χ3v) is 2.74. The molecule has 0 fully saturated rings. The van der Waals surface area contributed by atoms with Gasteiger partial charge in [-0.3, -0.25) is 0 Å². The first-order valence-electron chi connectivity index (χ1n) is 5.48. The van der Waals surface area contributed by atoms with Gasteiger partial charge in [0.25, 0.3) is 0 Å². The average molecular weight is 290 g/mol. The van der Waals surface area contributed by atoms with Crippen LogP contribution in [-0.2, 0) is 11.3 Å². The number of aromatic amines is 1. The minimum atomic E-state index is 0.443. The highest BCUT2D eigenvalue weighted by molar-refractivity contribution is 9.10. The van der Waals surface area contributed by atoms with E-state index >= 15 is 0 Å². The molecule has 0 radical (unpaired) electrons. The average Bonchev–Trinajstić information content (AvgIpc) is 2.68. The number of methoxy groups -OCH3 is 1. The first-order chi connectivity index (χ1) is 7.72. The summed E-state index contributed by atoms with van der Waals surface area (Å²) >= 11 is 3.41. The van der Waals surface area contributed by atoms with Crippen molar-refractivity contribution in [3.8, 4) is 0 Å². The zero-order chi connectivity index (χ0) is 11.8. The number of aromatic nitrogens is 1. The standard InChI is InChI=1S/C11H20BrN3O/c1-9(6-13-3-4-16-2)14-8-11-5-10(12)7-15-11/h5,7,9,13-15H,3-4,6,8H2,1-2H3. The van der Waals surface area contributed by atoms with E-state index in [0.717, 1.165) is 30.7 Å². The van der Waals surface area contributed by atoms with Crippen LogP contribution in [-0.4, -0.2) is 37.8 Å². The Balaban J connectivity index is 2.08. The second kappa shape index (κ2) is 7.84. The number of ether oxygens (including phenoxy) is 1. The van der Waals surface area contributed by atoms with Gasteiger partial charge in [-0.2, -0.15) is 0 Å². The first kappa shape index (κ1) is 13.7. The summed E-state index contributed by atoms with van der Waals surface area (Å²) in [6.45, 7) is 5.63. The molecule has 1 rings (SSSR count). The van der Waals surface area contributed by atoms with E-state index in [-0.39, 0.29) is 0 Å². The summed E-state index contributed by atoms with van der Waals surface area (Å²) in [5.41, 5.74) is 1.19. The molecule has 1 heterocycles. The quantitative estimate of drug-likeness (QED) is 0.636. The van der Waals surface area contributed by atoms with Crippen LogP contribution in [0.1, 0.15) is 12.6 Å². The summed E-state index contributed by atoms with van der Waals surface area (Å²) < 4.78 is 6.06. The lowest BCUT2D eigenvalue weighted by atomic mass is 10.3. The Kier molecular flexibility index (Phi) is 6.71. The van der Waals surface area contributed by atoms with Crippen molar-refractivity contribution in [3.05, 3.63) is 22.4 Å². The second-order valence-corrected chi connectivity index (χ2v) is 4.74. The maximum atomic E-state index is 4.96. The Bertz CT molecular complexity index is 291. The summed E-state index contributed by atoms with van der Waals surface area (Å²) in [6.07, 6.45) is 1.94. The zero-order valence-electron chi connectivity index (χ0n) is 9.85. The highest BCUT2D eigenvalue weighted by Gasteiger charge is 2.01. The highest BCUT2D eigenvalue weighted by atomic mass is 79.9. The molecule has 0 aromatic carbocycles. The second-order valence-electron chi connectivity index (χ2n) is 3.82. The maximum Gasteiger partial charge on any atom is 0.0587 e. The predicted octanol–water partition coefficient (Wildman–Crippen LogP) is 1.49. The molecule has 16 heavy (non-hydrogen) atoms. The molecule has 0 saturated carbocycles. The fourth-order valence-corrected chi connectivity index (χ4v) is 1.75. The smallest absolute Gasteiger partial charge is 0.0587 e. The molecule has 1 atom stereocenters. The molecule has 0 aliphatic carbocycles. The molecule has 0 amide bonds. The fraction of sp³-hybridized carbons (Fsp3) is 0.636. The molecule has 1 unspecified atom stereocenters. The van der Waals surface area contributed by atoms with Gasteiger partial charge in [0, 0.05) is 49.1 Å². The van der Waals surface area contributed by atoms with Crippen molar-refractivity contribution in [2.24, 2.45) is 0 Å². The third kappa shape index (κ3) is 5.65. The van der Waals surface area contributed by atoms with Crippen LogP contribution >= 0.6 is 15.9 Å². The van der Waals surface area contributed by atoms with Gasteiger partial charge in [-0.15, -0.1) is 0 Å². The topological polar surface area (TPSA) is 49.1 Å². The fourth-order valence-electron chi connectivity index (χ4n) is 1.36. The number of hydrogen-bond donors (Lipinski definition) is 3. The Labute approximate surface area is 105 Å². The maximum absolute atomic E-state index is 4.96. The SMILES string of the molecule is COCCNCC(C)NCc1cc(Br)c[nH]1. The molecule has 1 aromatic heterocycles. The molecule has 1 aromatic rings. The van der Waals surface area contributed by atoms with E-state index in [2.05, 4.69) is 44.5 Å². The zero-order valence-corrected chi connectivity index (χ0v) is 11.4. The van der Waals surface area contributed by atoms with Crippen LogP contribution in [0.25, 0.3) is 0 Å². The van der Waals surface area contributed by atoms with Crippen LogP contribution in [0.15, 0.2) is 16.7 Å². The van der Waals surface area contributed by atoms with Crippen molar-refractivity contribution < 1.29 is 4.74 Å². The third-order valence-electron chi connectivity index (χ3n) is 2.28. The van der Waals surface area contributed by atoms with Crippen LogP contribution in [0.5, 0.6) is 0 Å².